The summed E-state index contributed by atoms with van der Waals surface area (Å²) < 4.78 is 1.53. The zero-order valence-corrected chi connectivity index (χ0v) is 11.5. The van der Waals surface area contributed by atoms with Crippen molar-refractivity contribution in [1.29, 1.82) is 0 Å². The molecule has 0 unspecified atom stereocenters. The molecule has 0 aliphatic heterocycles. The lowest BCUT2D eigenvalue weighted by Gasteiger charge is -2.26. The fourth-order valence-electron chi connectivity index (χ4n) is 2.47. The summed E-state index contributed by atoms with van der Waals surface area (Å²) in [7, 11) is 0. The maximum atomic E-state index is 12.1. The molecule has 1 aliphatic carbocycles. The highest BCUT2D eigenvalue weighted by molar-refractivity contribution is 5.94. The Morgan fingerprint density at radius 2 is 2.10 bits per heavy atom. The lowest BCUT2D eigenvalue weighted by Crippen LogP contribution is -2.38. The second-order valence-electron chi connectivity index (χ2n) is 5.22. The van der Waals surface area contributed by atoms with Crippen molar-refractivity contribution >= 4 is 5.91 Å². The van der Waals surface area contributed by atoms with E-state index < -0.39 is 0 Å². The van der Waals surface area contributed by atoms with Gasteiger partial charge in [0.15, 0.2) is 5.82 Å². The summed E-state index contributed by atoms with van der Waals surface area (Å²) in [6, 6.07) is 3.58. The number of hydrogen-bond acceptors (Lipinski definition) is 5. The normalized spacial score (nSPS) is 22.0. The Morgan fingerprint density at radius 3 is 2.71 bits per heavy atom. The number of nitrogens with zero attached hydrogens (tertiary/aromatic N) is 4. The van der Waals surface area contributed by atoms with E-state index in [-0.39, 0.29) is 18.1 Å². The number of aliphatic hydroxyl groups excluding tert-OH is 1. The van der Waals surface area contributed by atoms with Crippen molar-refractivity contribution in [2.75, 3.05) is 0 Å². The van der Waals surface area contributed by atoms with E-state index in [0.717, 1.165) is 25.7 Å². The minimum atomic E-state index is -0.221. The molecule has 0 radical (unpaired) electrons. The first-order chi connectivity index (χ1) is 10.2. The number of aliphatic hydroxyl groups is 1. The average Bonchev–Trinajstić information content (AvgIpc) is 3.04. The zero-order chi connectivity index (χ0) is 14.7. The van der Waals surface area contributed by atoms with Crippen LogP contribution in [0.2, 0.25) is 0 Å². The predicted molar refractivity (Wildman–Crippen MR) is 74.9 cm³/mol. The monoisotopic (exact) mass is 287 g/mol. The van der Waals surface area contributed by atoms with Crippen molar-refractivity contribution in [2.24, 2.45) is 0 Å². The molecule has 0 aromatic carbocycles. The van der Waals surface area contributed by atoms with Crippen molar-refractivity contribution in [3.8, 4) is 5.82 Å². The van der Waals surface area contributed by atoms with E-state index in [4.69, 9.17) is 0 Å². The molecule has 2 aromatic rings. The molecule has 2 heterocycles. The Hall–Kier alpha value is -2.28. The summed E-state index contributed by atoms with van der Waals surface area (Å²) >= 11 is 0. The molecule has 1 aliphatic rings. The molecular formula is C14H17N5O2. The van der Waals surface area contributed by atoms with Crippen LogP contribution < -0.4 is 5.32 Å². The van der Waals surface area contributed by atoms with E-state index in [1.54, 1.807) is 18.5 Å². The molecule has 110 valence electrons. The third-order valence-corrected chi connectivity index (χ3v) is 3.70. The molecule has 2 N–H and O–H groups in total. The smallest absolute Gasteiger partial charge is 0.253 e. The van der Waals surface area contributed by atoms with E-state index in [1.165, 1.54) is 17.2 Å². The molecule has 0 saturated heterocycles. The largest absolute Gasteiger partial charge is 0.393 e. The number of amides is 1. The van der Waals surface area contributed by atoms with Crippen molar-refractivity contribution in [3.05, 3.63) is 36.5 Å². The number of hydrogen-bond donors (Lipinski definition) is 2. The average molecular weight is 287 g/mol. The Morgan fingerprint density at radius 1 is 1.29 bits per heavy atom. The van der Waals surface area contributed by atoms with Crippen LogP contribution in [0.3, 0.4) is 0 Å². The van der Waals surface area contributed by atoms with Gasteiger partial charge in [-0.15, -0.1) is 0 Å². The number of rotatable bonds is 3. The maximum Gasteiger partial charge on any atom is 0.253 e. The van der Waals surface area contributed by atoms with Gasteiger partial charge in [0.25, 0.3) is 5.91 Å². The van der Waals surface area contributed by atoms with Gasteiger partial charge in [0.1, 0.15) is 12.7 Å². The van der Waals surface area contributed by atoms with Crippen LogP contribution in [0.1, 0.15) is 36.0 Å². The van der Waals surface area contributed by atoms with Gasteiger partial charge in [-0.1, -0.05) is 0 Å². The van der Waals surface area contributed by atoms with Crippen molar-refractivity contribution in [2.45, 2.75) is 37.8 Å². The lowest BCUT2D eigenvalue weighted by atomic mass is 9.93. The number of carbonyl (C=O) groups is 1. The van der Waals surface area contributed by atoms with Crippen LogP contribution in [-0.2, 0) is 0 Å². The zero-order valence-electron chi connectivity index (χ0n) is 11.5. The first-order valence-corrected chi connectivity index (χ1v) is 7.02. The molecule has 21 heavy (non-hydrogen) atoms. The van der Waals surface area contributed by atoms with Gasteiger partial charge in [0.05, 0.1) is 11.7 Å². The number of nitrogens with one attached hydrogen (secondary N) is 1. The van der Waals surface area contributed by atoms with E-state index >= 15 is 0 Å². The summed E-state index contributed by atoms with van der Waals surface area (Å²) in [5, 5.41) is 16.4. The highest BCUT2D eigenvalue weighted by Crippen LogP contribution is 2.18. The van der Waals surface area contributed by atoms with E-state index in [0.29, 0.717) is 11.4 Å². The topological polar surface area (TPSA) is 92.9 Å². The van der Waals surface area contributed by atoms with Gasteiger partial charge >= 0.3 is 0 Å². The van der Waals surface area contributed by atoms with Gasteiger partial charge < -0.3 is 10.4 Å². The Labute approximate surface area is 122 Å². The highest BCUT2D eigenvalue weighted by atomic mass is 16.3. The van der Waals surface area contributed by atoms with Gasteiger partial charge in [-0.05, 0) is 37.8 Å². The molecule has 1 saturated carbocycles. The molecule has 1 fully saturated rings. The Kier molecular flexibility index (Phi) is 3.92. The molecule has 1 amide bonds. The second-order valence-corrected chi connectivity index (χ2v) is 5.22. The van der Waals surface area contributed by atoms with Crippen LogP contribution >= 0.6 is 0 Å². The number of aromatic nitrogens is 4. The third-order valence-electron chi connectivity index (χ3n) is 3.70. The van der Waals surface area contributed by atoms with Gasteiger partial charge in [-0.2, -0.15) is 5.10 Å². The van der Waals surface area contributed by atoms with Gasteiger partial charge in [0.2, 0.25) is 0 Å². The van der Waals surface area contributed by atoms with E-state index in [1.807, 2.05) is 0 Å². The SMILES string of the molecule is O=C(NC1CCC(O)CC1)c1ccc(-n2cncn2)nc1. The fourth-order valence-corrected chi connectivity index (χ4v) is 2.47. The summed E-state index contributed by atoms with van der Waals surface area (Å²) in [5.41, 5.74) is 0.519. The molecule has 0 spiro atoms. The lowest BCUT2D eigenvalue weighted by molar-refractivity contribution is 0.0867. The first-order valence-electron chi connectivity index (χ1n) is 7.02. The molecule has 7 heteroatoms. The van der Waals surface area contributed by atoms with Crippen molar-refractivity contribution in [1.82, 2.24) is 25.1 Å². The summed E-state index contributed by atoms with van der Waals surface area (Å²) in [6.07, 6.45) is 7.42. The number of carbonyl (C=O) groups excluding carboxylic acids is 1. The molecule has 0 atom stereocenters. The minimum Gasteiger partial charge on any atom is -0.393 e. The van der Waals surface area contributed by atoms with Gasteiger partial charge in [-0.25, -0.2) is 14.6 Å². The summed E-state index contributed by atoms with van der Waals surface area (Å²) in [4.78, 5) is 20.2. The van der Waals surface area contributed by atoms with Crippen LogP contribution in [-0.4, -0.2) is 42.9 Å². The van der Waals surface area contributed by atoms with E-state index in [9.17, 15) is 9.90 Å². The second kappa shape index (κ2) is 6.01. The molecule has 3 rings (SSSR count). The maximum absolute atomic E-state index is 12.1. The first kappa shape index (κ1) is 13.7. The predicted octanol–water partition coefficient (Wildman–Crippen LogP) is 0.696. The van der Waals surface area contributed by atoms with Gasteiger partial charge in [-0.3, -0.25) is 4.79 Å². The van der Waals surface area contributed by atoms with Gasteiger partial charge in [0, 0.05) is 12.2 Å². The Bertz CT molecular complexity index is 588. The van der Waals surface area contributed by atoms with Crippen LogP contribution in [0.15, 0.2) is 31.0 Å². The molecule has 0 bridgehead atoms. The number of pyridine rings is 1. The standard InChI is InChI=1S/C14H17N5O2/c20-12-4-2-11(3-5-12)18-14(21)10-1-6-13(16-7-10)19-9-15-8-17-19/h1,6-9,11-12,20H,2-5H2,(H,18,21). The summed E-state index contributed by atoms with van der Waals surface area (Å²) in [5.74, 6) is 0.485. The quantitative estimate of drug-likeness (QED) is 0.866. The molecule has 2 aromatic heterocycles. The van der Waals surface area contributed by atoms with Crippen LogP contribution in [0.25, 0.3) is 5.82 Å². The van der Waals surface area contributed by atoms with E-state index in [2.05, 4.69) is 20.4 Å². The molecule has 7 nitrogen and oxygen atoms in total. The highest BCUT2D eigenvalue weighted by Gasteiger charge is 2.21. The molecular weight excluding hydrogens is 270 g/mol. The minimum absolute atomic E-state index is 0.131. The van der Waals surface area contributed by atoms with Crippen molar-refractivity contribution < 1.29 is 9.90 Å². The Balaban J connectivity index is 1.62. The fraction of sp³-hybridized carbons (Fsp3) is 0.429. The van der Waals surface area contributed by atoms with Crippen LogP contribution in [0.4, 0.5) is 0 Å². The summed E-state index contributed by atoms with van der Waals surface area (Å²) in [6.45, 7) is 0. The third kappa shape index (κ3) is 3.25. The van der Waals surface area contributed by atoms with Crippen LogP contribution in [0, 0.1) is 0 Å². The van der Waals surface area contributed by atoms with Crippen molar-refractivity contribution in [3.63, 3.8) is 0 Å². The van der Waals surface area contributed by atoms with Crippen LogP contribution in [0.5, 0.6) is 0 Å².